The summed E-state index contributed by atoms with van der Waals surface area (Å²) in [7, 11) is 0. The second kappa shape index (κ2) is 3.59. The van der Waals surface area contributed by atoms with Gasteiger partial charge in [0.1, 0.15) is 0 Å². The topological polar surface area (TPSA) is 64.9 Å². The maximum absolute atomic E-state index is 5.70. The lowest BCUT2D eigenvalue weighted by Crippen LogP contribution is -2.15. The molecule has 1 aromatic heterocycles. The van der Waals surface area contributed by atoms with Crippen molar-refractivity contribution in [3.8, 4) is 0 Å². The Kier molecular flexibility index (Phi) is 2.54. The molecular weight excluding hydrogens is 190 g/mol. The zero-order valence-corrected chi connectivity index (χ0v) is 9.66. The van der Waals surface area contributed by atoms with Crippen LogP contribution >= 0.6 is 0 Å². The molecular formula is C11H19N3O. The van der Waals surface area contributed by atoms with E-state index in [1.54, 1.807) is 0 Å². The van der Waals surface area contributed by atoms with Crippen molar-refractivity contribution in [2.24, 2.45) is 11.1 Å². The Balaban J connectivity index is 2.22. The molecule has 2 atom stereocenters. The monoisotopic (exact) mass is 209 g/mol. The molecule has 1 heterocycles. The summed E-state index contributed by atoms with van der Waals surface area (Å²) < 4.78 is 5.62. The van der Waals surface area contributed by atoms with Gasteiger partial charge < -0.3 is 10.2 Å². The molecule has 1 aliphatic rings. The van der Waals surface area contributed by atoms with E-state index >= 15 is 0 Å². The number of hydrogen-bond donors (Lipinski definition) is 1. The molecule has 4 nitrogen and oxygen atoms in total. The van der Waals surface area contributed by atoms with Crippen LogP contribution in [0.25, 0.3) is 0 Å². The molecule has 1 aliphatic carbocycles. The number of hydrogen-bond acceptors (Lipinski definition) is 4. The summed E-state index contributed by atoms with van der Waals surface area (Å²) in [6, 6.07) is -0.171. The van der Waals surface area contributed by atoms with Gasteiger partial charge in [0.25, 0.3) is 0 Å². The molecule has 2 N–H and O–H groups in total. The van der Waals surface area contributed by atoms with Crippen LogP contribution in [-0.4, -0.2) is 10.2 Å². The fourth-order valence-corrected chi connectivity index (χ4v) is 2.36. The molecule has 2 rings (SSSR count). The molecule has 1 saturated carbocycles. The van der Waals surface area contributed by atoms with Crippen LogP contribution in [0.2, 0.25) is 0 Å². The van der Waals surface area contributed by atoms with Gasteiger partial charge in [-0.2, -0.15) is 0 Å². The van der Waals surface area contributed by atoms with Crippen molar-refractivity contribution in [3.05, 3.63) is 11.8 Å². The Labute approximate surface area is 90.3 Å². The molecule has 84 valence electrons. The summed E-state index contributed by atoms with van der Waals surface area (Å²) in [5.41, 5.74) is 5.98. The van der Waals surface area contributed by atoms with Gasteiger partial charge in [-0.15, -0.1) is 10.2 Å². The largest absolute Gasteiger partial charge is 0.423 e. The number of rotatable bonds is 2. The number of aromatic nitrogens is 2. The first kappa shape index (κ1) is 10.6. The van der Waals surface area contributed by atoms with Crippen LogP contribution in [0.5, 0.6) is 0 Å². The Bertz CT molecular complexity index is 343. The molecule has 4 heteroatoms. The third kappa shape index (κ3) is 1.91. The van der Waals surface area contributed by atoms with Crippen molar-refractivity contribution in [1.82, 2.24) is 10.2 Å². The van der Waals surface area contributed by atoms with Crippen LogP contribution in [0.15, 0.2) is 4.42 Å². The highest BCUT2D eigenvalue weighted by atomic mass is 16.4. The number of nitrogens with two attached hydrogens (primary N) is 1. The van der Waals surface area contributed by atoms with Gasteiger partial charge in [-0.1, -0.05) is 20.3 Å². The van der Waals surface area contributed by atoms with Crippen LogP contribution in [0.1, 0.15) is 63.8 Å². The first-order valence-electron chi connectivity index (χ1n) is 5.59. The standard InChI is InChI=1S/C11H19N3O/c1-7(12)9-13-14-10(15-9)8-5-4-6-11(8,2)3/h7-8H,4-6,12H2,1-3H3. The van der Waals surface area contributed by atoms with E-state index < -0.39 is 0 Å². The molecule has 0 aliphatic heterocycles. The smallest absolute Gasteiger partial charge is 0.232 e. The van der Waals surface area contributed by atoms with Crippen molar-refractivity contribution in [3.63, 3.8) is 0 Å². The zero-order valence-electron chi connectivity index (χ0n) is 9.66. The maximum Gasteiger partial charge on any atom is 0.232 e. The first-order chi connectivity index (χ1) is 7.00. The molecule has 1 aromatic rings. The molecule has 1 fully saturated rings. The van der Waals surface area contributed by atoms with E-state index in [0.717, 1.165) is 12.3 Å². The Morgan fingerprint density at radius 1 is 1.47 bits per heavy atom. The van der Waals surface area contributed by atoms with E-state index in [0.29, 0.717) is 11.8 Å². The van der Waals surface area contributed by atoms with Gasteiger partial charge in [-0.3, -0.25) is 0 Å². The molecule has 2 unspecified atom stereocenters. The summed E-state index contributed by atoms with van der Waals surface area (Å²) in [6.45, 7) is 6.39. The highest BCUT2D eigenvalue weighted by Gasteiger charge is 2.39. The third-order valence-corrected chi connectivity index (χ3v) is 3.40. The van der Waals surface area contributed by atoms with Gasteiger partial charge in [-0.25, -0.2) is 0 Å². The van der Waals surface area contributed by atoms with E-state index in [1.807, 2.05) is 6.92 Å². The minimum Gasteiger partial charge on any atom is -0.423 e. The average molecular weight is 209 g/mol. The van der Waals surface area contributed by atoms with Gasteiger partial charge in [0, 0.05) is 5.92 Å². The predicted octanol–water partition coefficient (Wildman–Crippen LogP) is 2.38. The summed E-state index contributed by atoms with van der Waals surface area (Å²) >= 11 is 0. The summed E-state index contributed by atoms with van der Waals surface area (Å²) in [6.07, 6.45) is 3.62. The zero-order chi connectivity index (χ0) is 11.1. The molecule has 0 radical (unpaired) electrons. The van der Waals surface area contributed by atoms with E-state index in [1.165, 1.54) is 12.8 Å². The van der Waals surface area contributed by atoms with Crippen LogP contribution < -0.4 is 5.73 Å². The summed E-state index contributed by atoms with van der Waals surface area (Å²) in [5, 5.41) is 8.10. The van der Waals surface area contributed by atoms with E-state index in [-0.39, 0.29) is 11.5 Å². The van der Waals surface area contributed by atoms with Crippen molar-refractivity contribution in [2.45, 2.75) is 52.0 Å². The lowest BCUT2D eigenvalue weighted by molar-refractivity contribution is 0.278. The Hall–Kier alpha value is -0.900. The lowest BCUT2D eigenvalue weighted by Gasteiger charge is -2.23. The van der Waals surface area contributed by atoms with Crippen LogP contribution in [0.3, 0.4) is 0 Å². The van der Waals surface area contributed by atoms with Gasteiger partial charge in [0.15, 0.2) is 0 Å². The number of nitrogens with zero attached hydrogens (tertiary/aromatic N) is 2. The van der Waals surface area contributed by atoms with Gasteiger partial charge in [0.2, 0.25) is 11.8 Å². The third-order valence-electron chi connectivity index (χ3n) is 3.40. The second-order valence-electron chi connectivity index (χ2n) is 5.20. The minimum atomic E-state index is -0.171. The maximum atomic E-state index is 5.70. The van der Waals surface area contributed by atoms with Gasteiger partial charge >= 0.3 is 0 Å². The van der Waals surface area contributed by atoms with E-state index in [9.17, 15) is 0 Å². The van der Waals surface area contributed by atoms with E-state index in [2.05, 4.69) is 24.0 Å². The molecule has 15 heavy (non-hydrogen) atoms. The predicted molar refractivity (Wildman–Crippen MR) is 57.3 cm³/mol. The highest BCUT2D eigenvalue weighted by molar-refractivity contribution is 5.03. The van der Waals surface area contributed by atoms with Crippen molar-refractivity contribution in [2.75, 3.05) is 0 Å². The van der Waals surface area contributed by atoms with E-state index in [4.69, 9.17) is 10.2 Å². The van der Waals surface area contributed by atoms with Crippen LogP contribution in [0, 0.1) is 5.41 Å². The highest BCUT2D eigenvalue weighted by Crippen LogP contribution is 2.48. The van der Waals surface area contributed by atoms with Gasteiger partial charge in [-0.05, 0) is 25.2 Å². The van der Waals surface area contributed by atoms with Crippen molar-refractivity contribution < 1.29 is 4.42 Å². The average Bonchev–Trinajstić information content (AvgIpc) is 2.69. The van der Waals surface area contributed by atoms with Crippen LogP contribution in [-0.2, 0) is 0 Å². The summed E-state index contributed by atoms with van der Waals surface area (Å²) in [4.78, 5) is 0. The van der Waals surface area contributed by atoms with Crippen molar-refractivity contribution >= 4 is 0 Å². The molecule has 0 aromatic carbocycles. The molecule has 0 saturated heterocycles. The first-order valence-corrected chi connectivity index (χ1v) is 5.59. The lowest BCUT2D eigenvalue weighted by atomic mass is 9.82. The second-order valence-corrected chi connectivity index (χ2v) is 5.20. The molecule has 0 spiro atoms. The SMILES string of the molecule is CC(N)c1nnc(C2CCCC2(C)C)o1. The fourth-order valence-electron chi connectivity index (χ4n) is 2.36. The Morgan fingerprint density at radius 2 is 2.20 bits per heavy atom. The quantitative estimate of drug-likeness (QED) is 0.812. The minimum absolute atomic E-state index is 0.171. The fraction of sp³-hybridized carbons (Fsp3) is 0.818. The Morgan fingerprint density at radius 3 is 2.67 bits per heavy atom. The van der Waals surface area contributed by atoms with Crippen molar-refractivity contribution in [1.29, 1.82) is 0 Å². The van der Waals surface area contributed by atoms with Crippen LogP contribution in [0.4, 0.5) is 0 Å². The van der Waals surface area contributed by atoms with Gasteiger partial charge in [0.05, 0.1) is 6.04 Å². The molecule has 0 bridgehead atoms. The normalized spacial score (nSPS) is 26.8. The molecule has 0 amide bonds. The summed E-state index contributed by atoms with van der Waals surface area (Å²) in [5.74, 6) is 1.72.